The lowest BCUT2D eigenvalue weighted by Gasteiger charge is -2.28. The average molecular weight is 360 g/mol. The summed E-state index contributed by atoms with van der Waals surface area (Å²) >= 11 is 1.05. The first-order chi connectivity index (χ1) is 11.2. The molecule has 1 unspecified atom stereocenters. The molecule has 1 aliphatic rings. The number of carbonyl (C=O) groups excluding carboxylic acids is 4. The average Bonchev–Trinajstić information content (AvgIpc) is 2.53. The lowest BCUT2D eigenvalue weighted by Crippen LogP contribution is -2.47. The molecule has 2 amide bonds. The molecule has 0 radical (unpaired) electrons. The third kappa shape index (κ3) is 7.31. The molecule has 1 heterocycles. The Hall–Kier alpha value is -1.61. The lowest BCUT2D eigenvalue weighted by atomic mass is 9.87. The number of hydrogen-bond acceptors (Lipinski definition) is 7. The van der Waals surface area contributed by atoms with Gasteiger partial charge in [0.1, 0.15) is 6.10 Å². The number of esters is 1. The molecule has 0 aromatic heterocycles. The minimum atomic E-state index is -1.39. The van der Waals surface area contributed by atoms with Crippen LogP contribution in [0.25, 0.3) is 0 Å². The smallest absolute Gasteiger partial charge is 0.306 e. The van der Waals surface area contributed by atoms with Gasteiger partial charge < -0.3 is 20.5 Å². The molecular weight excluding hydrogens is 336 g/mol. The maximum atomic E-state index is 11.9. The summed E-state index contributed by atoms with van der Waals surface area (Å²) in [4.78, 5) is 46.8. The fourth-order valence-corrected chi connectivity index (χ4v) is 2.57. The number of aliphatic hydroxyl groups is 1. The Morgan fingerprint density at radius 2 is 1.79 bits per heavy atom. The normalized spacial score (nSPS) is 25.2. The van der Waals surface area contributed by atoms with Gasteiger partial charge in [0.15, 0.2) is 5.12 Å². The summed E-state index contributed by atoms with van der Waals surface area (Å²) in [6.45, 7) is 3.44. The van der Waals surface area contributed by atoms with E-state index in [1.807, 2.05) is 0 Å². The van der Waals surface area contributed by atoms with Crippen molar-refractivity contribution in [3.8, 4) is 0 Å². The zero-order chi connectivity index (χ0) is 18.2. The van der Waals surface area contributed by atoms with Gasteiger partial charge in [0, 0.05) is 37.1 Å². The van der Waals surface area contributed by atoms with E-state index < -0.39 is 23.4 Å². The SMILES string of the molecule is CC1(C)COC(=O)CCC(=O)SCCNC(=O)CCNC(=O)C1O. The molecule has 0 aliphatic carbocycles. The second kappa shape index (κ2) is 9.63. The lowest BCUT2D eigenvalue weighted by molar-refractivity contribution is -0.153. The van der Waals surface area contributed by atoms with Crippen molar-refractivity contribution in [1.29, 1.82) is 0 Å². The summed E-state index contributed by atoms with van der Waals surface area (Å²) in [7, 11) is 0. The fourth-order valence-electron chi connectivity index (χ4n) is 1.89. The predicted octanol–water partition coefficient (Wildman–Crippen LogP) is -0.407. The van der Waals surface area contributed by atoms with Crippen LogP contribution in [0.3, 0.4) is 0 Å². The summed E-state index contributed by atoms with van der Waals surface area (Å²) < 4.78 is 5.06. The first kappa shape index (κ1) is 20.4. The maximum absolute atomic E-state index is 11.9. The number of ether oxygens (including phenoxy) is 1. The van der Waals surface area contributed by atoms with E-state index in [9.17, 15) is 24.3 Å². The summed E-state index contributed by atoms with van der Waals surface area (Å²) in [5, 5.41) is 15.1. The van der Waals surface area contributed by atoms with Crippen molar-refractivity contribution >= 4 is 34.7 Å². The molecule has 136 valence electrons. The second-order valence-electron chi connectivity index (χ2n) is 6.16. The zero-order valence-electron chi connectivity index (χ0n) is 13.9. The van der Waals surface area contributed by atoms with E-state index in [2.05, 4.69) is 10.6 Å². The Labute approximate surface area is 145 Å². The fraction of sp³-hybridized carbons (Fsp3) is 0.733. The van der Waals surface area contributed by atoms with Crippen LogP contribution in [0.2, 0.25) is 0 Å². The summed E-state index contributed by atoms with van der Waals surface area (Å²) in [5.74, 6) is -1.02. The molecule has 1 rings (SSSR count). The third-order valence-electron chi connectivity index (χ3n) is 3.47. The molecule has 0 spiro atoms. The monoisotopic (exact) mass is 360 g/mol. The Bertz CT molecular complexity index is 494. The van der Waals surface area contributed by atoms with Crippen molar-refractivity contribution in [2.24, 2.45) is 5.41 Å². The Kier molecular flexibility index (Phi) is 8.20. The molecule has 24 heavy (non-hydrogen) atoms. The van der Waals surface area contributed by atoms with Gasteiger partial charge in [-0.3, -0.25) is 19.2 Å². The van der Waals surface area contributed by atoms with Crippen LogP contribution in [0.15, 0.2) is 0 Å². The van der Waals surface area contributed by atoms with E-state index in [1.165, 1.54) is 0 Å². The van der Waals surface area contributed by atoms with Crippen LogP contribution in [0.1, 0.15) is 33.1 Å². The molecule has 1 fully saturated rings. The maximum Gasteiger partial charge on any atom is 0.306 e. The number of amides is 2. The molecule has 0 aromatic rings. The highest BCUT2D eigenvalue weighted by Crippen LogP contribution is 2.22. The van der Waals surface area contributed by atoms with E-state index in [-0.39, 0.29) is 43.4 Å². The second-order valence-corrected chi connectivity index (χ2v) is 7.32. The van der Waals surface area contributed by atoms with E-state index in [0.717, 1.165) is 11.8 Å². The number of cyclic esters (lactones) is 1. The Morgan fingerprint density at radius 3 is 2.50 bits per heavy atom. The van der Waals surface area contributed by atoms with Gasteiger partial charge in [-0.2, -0.15) is 0 Å². The molecule has 1 saturated heterocycles. The summed E-state index contributed by atoms with van der Waals surface area (Å²) in [6, 6.07) is 0. The van der Waals surface area contributed by atoms with Crippen molar-refractivity contribution in [3.05, 3.63) is 0 Å². The van der Waals surface area contributed by atoms with Gasteiger partial charge in [-0.05, 0) is 0 Å². The van der Waals surface area contributed by atoms with Crippen LogP contribution >= 0.6 is 11.8 Å². The molecule has 8 nitrogen and oxygen atoms in total. The Balaban J connectivity index is 2.69. The highest BCUT2D eigenvalue weighted by Gasteiger charge is 2.35. The highest BCUT2D eigenvalue weighted by molar-refractivity contribution is 8.13. The zero-order valence-corrected chi connectivity index (χ0v) is 14.7. The van der Waals surface area contributed by atoms with E-state index >= 15 is 0 Å². The Morgan fingerprint density at radius 1 is 1.08 bits per heavy atom. The predicted molar refractivity (Wildman–Crippen MR) is 88.1 cm³/mol. The van der Waals surface area contributed by atoms with Crippen molar-refractivity contribution in [3.63, 3.8) is 0 Å². The number of carbonyl (C=O) groups is 4. The molecule has 1 atom stereocenters. The van der Waals surface area contributed by atoms with Crippen LogP contribution < -0.4 is 10.6 Å². The van der Waals surface area contributed by atoms with Crippen molar-refractivity contribution in [2.75, 3.05) is 25.4 Å². The first-order valence-corrected chi connectivity index (χ1v) is 8.74. The number of hydrogen-bond donors (Lipinski definition) is 3. The van der Waals surface area contributed by atoms with Crippen LogP contribution in [0.4, 0.5) is 0 Å². The van der Waals surface area contributed by atoms with Gasteiger partial charge in [-0.15, -0.1) is 0 Å². The quantitative estimate of drug-likeness (QED) is 0.502. The number of thioether (sulfide) groups is 1. The number of rotatable bonds is 0. The molecule has 1 aliphatic heterocycles. The van der Waals surface area contributed by atoms with Crippen LogP contribution in [0.5, 0.6) is 0 Å². The van der Waals surface area contributed by atoms with Gasteiger partial charge >= 0.3 is 5.97 Å². The van der Waals surface area contributed by atoms with E-state index in [0.29, 0.717) is 12.3 Å². The van der Waals surface area contributed by atoms with Crippen molar-refractivity contribution in [2.45, 2.75) is 39.2 Å². The van der Waals surface area contributed by atoms with Crippen LogP contribution in [-0.2, 0) is 23.9 Å². The van der Waals surface area contributed by atoms with Gasteiger partial charge in [0.2, 0.25) is 11.8 Å². The van der Waals surface area contributed by atoms with Gasteiger partial charge in [-0.1, -0.05) is 25.6 Å². The van der Waals surface area contributed by atoms with Crippen molar-refractivity contribution < 1.29 is 29.0 Å². The molecular formula is C15H24N2O6S. The van der Waals surface area contributed by atoms with E-state index in [4.69, 9.17) is 4.74 Å². The standard InChI is InChI=1S/C15H24N2O6S/c1-15(2)9-23-11(19)3-4-12(20)24-8-7-16-10(18)5-6-17-14(22)13(15)21/h13,21H,3-9H2,1-2H3,(H,16,18)(H,17,22). The van der Waals surface area contributed by atoms with Gasteiger partial charge in [0.25, 0.3) is 0 Å². The number of nitrogens with one attached hydrogen (secondary N) is 2. The summed E-state index contributed by atoms with van der Waals surface area (Å²) in [6.07, 6.45) is -1.33. The van der Waals surface area contributed by atoms with Crippen LogP contribution in [-0.4, -0.2) is 59.6 Å². The minimum Gasteiger partial charge on any atom is -0.465 e. The highest BCUT2D eigenvalue weighted by atomic mass is 32.2. The van der Waals surface area contributed by atoms with E-state index in [1.54, 1.807) is 13.8 Å². The first-order valence-electron chi connectivity index (χ1n) is 7.76. The van der Waals surface area contributed by atoms with Crippen LogP contribution in [0, 0.1) is 5.41 Å². The molecule has 0 saturated carbocycles. The minimum absolute atomic E-state index is 0.0426. The molecule has 9 heteroatoms. The van der Waals surface area contributed by atoms with Gasteiger partial charge in [-0.25, -0.2) is 0 Å². The third-order valence-corrected chi connectivity index (χ3v) is 4.40. The number of aliphatic hydroxyl groups excluding tert-OH is 1. The molecule has 0 aromatic carbocycles. The largest absolute Gasteiger partial charge is 0.465 e. The van der Waals surface area contributed by atoms with Crippen molar-refractivity contribution in [1.82, 2.24) is 10.6 Å². The topological polar surface area (TPSA) is 122 Å². The molecule has 3 N–H and O–H groups in total. The van der Waals surface area contributed by atoms with Gasteiger partial charge in [0.05, 0.1) is 13.0 Å². The summed E-state index contributed by atoms with van der Waals surface area (Å²) in [5.41, 5.74) is -0.991. The molecule has 0 bridgehead atoms.